The third-order valence-electron chi connectivity index (χ3n) is 4.30. The normalized spacial score (nSPS) is 12.3. The van der Waals surface area contributed by atoms with Gasteiger partial charge in [0.2, 0.25) is 5.91 Å². The van der Waals surface area contributed by atoms with Crippen LogP contribution in [0.1, 0.15) is 24.1 Å². The van der Waals surface area contributed by atoms with Crippen LogP contribution in [0.2, 0.25) is 5.02 Å². The summed E-state index contributed by atoms with van der Waals surface area (Å²) in [6, 6.07) is 15.2. The van der Waals surface area contributed by atoms with Crippen molar-refractivity contribution in [2.24, 2.45) is 0 Å². The Labute approximate surface area is 157 Å². The zero-order chi connectivity index (χ0) is 18.5. The maximum Gasteiger partial charge on any atom is 0.246 e. The monoisotopic (exact) mass is 366 g/mol. The van der Waals surface area contributed by atoms with Crippen molar-refractivity contribution in [3.63, 3.8) is 0 Å². The van der Waals surface area contributed by atoms with Gasteiger partial charge in [-0.3, -0.25) is 4.79 Å². The van der Waals surface area contributed by atoms with Crippen LogP contribution >= 0.6 is 11.6 Å². The van der Waals surface area contributed by atoms with Gasteiger partial charge in [-0.25, -0.2) is 9.67 Å². The van der Waals surface area contributed by atoms with Gasteiger partial charge in [0.1, 0.15) is 12.7 Å². The number of amides is 1. The Kier molecular flexibility index (Phi) is 5.49. The number of carbonyl (C=O) groups is 1. The number of likely N-dealkylation sites (N-methyl/N-ethyl adjacent to an activating group) is 1. The largest absolute Gasteiger partial charge is 0.335 e. The van der Waals surface area contributed by atoms with E-state index >= 15 is 0 Å². The second-order valence-corrected chi connectivity index (χ2v) is 6.32. The van der Waals surface area contributed by atoms with Gasteiger partial charge < -0.3 is 4.90 Å². The molecule has 0 aliphatic heterocycles. The molecule has 2 aromatic carbocycles. The summed E-state index contributed by atoms with van der Waals surface area (Å²) in [4.78, 5) is 18.1. The first-order valence-corrected chi connectivity index (χ1v) is 8.58. The molecular formula is C20H19ClN4O. The third-order valence-corrected chi connectivity index (χ3v) is 4.64. The first-order valence-electron chi connectivity index (χ1n) is 8.20. The molecule has 132 valence electrons. The maximum absolute atomic E-state index is 12.5. The minimum absolute atomic E-state index is 0.0665. The van der Waals surface area contributed by atoms with Crippen LogP contribution in [0.25, 0.3) is 11.8 Å². The number of benzene rings is 2. The van der Waals surface area contributed by atoms with Gasteiger partial charge in [0.25, 0.3) is 0 Å². The Morgan fingerprint density at radius 1 is 1.19 bits per heavy atom. The molecule has 0 N–H and O–H groups in total. The van der Waals surface area contributed by atoms with Crippen LogP contribution in [0.3, 0.4) is 0 Å². The lowest BCUT2D eigenvalue weighted by atomic mass is 10.1. The highest BCUT2D eigenvalue weighted by Gasteiger charge is 2.15. The molecule has 0 aliphatic carbocycles. The van der Waals surface area contributed by atoms with E-state index in [1.165, 1.54) is 6.33 Å². The van der Waals surface area contributed by atoms with Crippen LogP contribution in [0, 0.1) is 0 Å². The van der Waals surface area contributed by atoms with E-state index in [0.717, 1.165) is 16.8 Å². The fourth-order valence-electron chi connectivity index (χ4n) is 2.55. The molecular weight excluding hydrogens is 348 g/mol. The fraction of sp³-hybridized carbons (Fsp3) is 0.150. The standard InChI is InChI=1S/C20H19ClN4O/c1-15(16-7-10-18(11-8-16)25-14-22-13-23-25)24(2)20(26)12-9-17-5-3-4-6-19(17)21/h3-15H,1-2H3/b12-9+. The molecule has 0 saturated heterocycles. The van der Waals surface area contributed by atoms with E-state index in [0.29, 0.717) is 5.02 Å². The van der Waals surface area contributed by atoms with Crippen LogP contribution in [0.5, 0.6) is 0 Å². The van der Waals surface area contributed by atoms with Crippen LogP contribution in [-0.4, -0.2) is 32.6 Å². The van der Waals surface area contributed by atoms with Gasteiger partial charge in [-0.2, -0.15) is 5.10 Å². The minimum atomic E-state index is -0.0854. The molecule has 0 radical (unpaired) electrons. The van der Waals surface area contributed by atoms with Gasteiger partial charge in [-0.15, -0.1) is 0 Å². The average molecular weight is 367 g/mol. The van der Waals surface area contributed by atoms with E-state index in [4.69, 9.17) is 11.6 Å². The Balaban J connectivity index is 1.69. The Morgan fingerprint density at radius 3 is 2.58 bits per heavy atom. The smallest absolute Gasteiger partial charge is 0.246 e. The van der Waals surface area contributed by atoms with Crippen molar-refractivity contribution in [1.29, 1.82) is 0 Å². The van der Waals surface area contributed by atoms with Crippen molar-refractivity contribution in [2.75, 3.05) is 7.05 Å². The molecule has 26 heavy (non-hydrogen) atoms. The van der Waals surface area contributed by atoms with Gasteiger partial charge in [0.05, 0.1) is 11.7 Å². The predicted molar refractivity (Wildman–Crippen MR) is 103 cm³/mol. The van der Waals surface area contributed by atoms with Crippen LogP contribution in [0.4, 0.5) is 0 Å². The molecule has 1 amide bonds. The van der Waals surface area contributed by atoms with Gasteiger partial charge in [-0.05, 0) is 42.3 Å². The molecule has 0 spiro atoms. The molecule has 0 bridgehead atoms. The number of aromatic nitrogens is 3. The van der Waals surface area contributed by atoms with E-state index in [-0.39, 0.29) is 11.9 Å². The van der Waals surface area contributed by atoms with Crippen molar-refractivity contribution in [1.82, 2.24) is 19.7 Å². The lowest BCUT2D eigenvalue weighted by Crippen LogP contribution is -2.27. The first kappa shape index (κ1) is 17.9. The lowest BCUT2D eigenvalue weighted by Gasteiger charge is -2.24. The summed E-state index contributed by atoms with van der Waals surface area (Å²) in [7, 11) is 1.79. The number of nitrogens with zero attached hydrogens (tertiary/aromatic N) is 4. The summed E-state index contributed by atoms with van der Waals surface area (Å²) in [5.74, 6) is -0.0854. The highest BCUT2D eigenvalue weighted by molar-refractivity contribution is 6.32. The first-order chi connectivity index (χ1) is 12.6. The summed E-state index contributed by atoms with van der Waals surface area (Å²) >= 11 is 6.12. The van der Waals surface area contributed by atoms with E-state index in [1.54, 1.807) is 41.2 Å². The van der Waals surface area contributed by atoms with Crippen molar-refractivity contribution < 1.29 is 4.79 Å². The zero-order valence-corrected chi connectivity index (χ0v) is 15.3. The molecule has 5 nitrogen and oxygen atoms in total. The van der Waals surface area contributed by atoms with Crippen LogP contribution < -0.4 is 0 Å². The van der Waals surface area contributed by atoms with Crippen molar-refractivity contribution in [3.05, 3.63) is 83.4 Å². The second-order valence-electron chi connectivity index (χ2n) is 5.91. The molecule has 3 rings (SSSR count). The van der Waals surface area contributed by atoms with Gasteiger partial charge in [0, 0.05) is 18.1 Å². The molecule has 1 unspecified atom stereocenters. The highest BCUT2D eigenvalue weighted by atomic mass is 35.5. The van der Waals surface area contributed by atoms with Gasteiger partial charge >= 0.3 is 0 Å². The highest BCUT2D eigenvalue weighted by Crippen LogP contribution is 2.21. The minimum Gasteiger partial charge on any atom is -0.335 e. The average Bonchev–Trinajstić information content (AvgIpc) is 3.21. The lowest BCUT2D eigenvalue weighted by molar-refractivity contribution is -0.126. The quantitative estimate of drug-likeness (QED) is 0.637. The predicted octanol–water partition coefficient (Wildman–Crippen LogP) is 4.15. The Morgan fingerprint density at radius 2 is 1.92 bits per heavy atom. The molecule has 0 fully saturated rings. The Hall–Kier alpha value is -2.92. The van der Waals surface area contributed by atoms with Crippen LogP contribution in [-0.2, 0) is 4.79 Å². The summed E-state index contributed by atoms with van der Waals surface area (Å²) in [6.45, 7) is 1.99. The molecule has 3 aromatic rings. The van der Waals surface area contributed by atoms with Crippen LogP contribution in [0.15, 0.2) is 67.3 Å². The summed E-state index contributed by atoms with van der Waals surface area (Å²) in [5.41, 5.74) is 2.78. The summed E-state index contributed by atoms with van der Waals surface area (Å²) < 4.78 is 1.69. The zero-order valence-electron chi connectivity index (χ0n) is 14.6. The summed E-state index contributed by atoms with van der Waals surface area (Å²) in [5, 5.41) is 4.73. The molecule has 0 aliphatic rings. The maximum atomic E-state index is 12.5. The van der Waals surface area contributed by atoms with Gasteiger partial charge in [-0.1, -0.05) is 41.9 Å². The van der Waals surface area contributed by atoms with E-state index < -0.39 is 0 Å². The molecule has 1 atom stereocenters. The van der Waals surface area contributed by atoms with Crippen molar-refractivity contribution >= 4 is 23.6 Å². The fourth-order valence-corrected chi connectivity index (χ4v) is 2.75. The number of halogens is 1. The molecule has 1 aromatic heterocycles. The molecule has 1 heterocycles. The number of hydrogen-bond acceptors (Lipinski definition) is 3. The van der Waals surface area contributed by atoms with Gasteiger partial charge in [0.15, 0.2) is 0 Å². The number of carbonyl (C=O) groups excluding carboxylic acids is 1. The van der Waals surface area contributed by atoms with E-state index in [2.05, 4.69) is 10.1 Å². The summed E-state index contributed by atoms with van der Waals surface area (Å²) in [6.07, 6.45) is 6.42. The number of rotatable bonds is 5. The molecule has 0 saturated carbocycles. The molecule has 6 heteroatoms. The van der Waals surface area contributed by atoms with E-state index in [1.807, 2.05) is 49.4 Å². The van der Waals surface area contributed by atoms with E-state index in [9.17, 15) is 4.79 Å². The second kappa shape index (κ2) is 7.97. The topological polar surface area (TPSA) is 51.0 Å². The SMILES string of the molecule is CC(c1ccc(-n2cncn2)cc1)N(C)C(=O)/C=C/c1ccccc1Cl. The van der Waals surface area contributed by atoms with Crippen molar-refractivity contribution in [3.8, 4) is 5.69 Å². The Bertz CT molecular complexity index is 904. The van der Waals surface area contributed by atoms with Crippen molar-refractivity contribution in [2.45, 2.75) is 13.0 Å². The number of hydrogen-bond donors (Lipinski definition) is 0. The third kappa shape index (κ3) is 4.00.